The van der Waals surface area contributed by atoms with Crippen LogP contribution in [0.25, 0.3) is 0 Å². The van der Waals surface area contributed by atoms with Crippen molar-refractivity contribution in [2.24, 2.45) is 17.8 Å². The molecule has 1 nitrogen and oxygen atoms in total. The summed E-state index contributed by atoms with van der Waals surface area (Å²) in [5.74, 6) is 1.78. The first-order chi connectivity index (χ1) is 13.5. The van der Waals surface area contributed by atoms with Gasteiger partial charge in [-0.3, -0.25) is 0 Å². The molecule has 3 rings (SSSR count). The van der Waals surface area contributed by atoms with E-state index in [-0.39, 0.29) is 18.9 Å². The molecule has 0 amide bonds. The number of hydrogen-bond donors (Lipinski definition) is 0. The zero-order valence-corrected chi connectivity index (χ0v) is 16.9. The SMILES string of the molecule is C=CC1CCC(CC(F)(F)OCc2ccc(C3CCC(C=C)CC3)cc2)CC1. The van der Waals surface area contributed by atoms with Crippen molar-refractivity contribution in [1.82, 2.24) is 0 Å². The zero-order valence-electron chi connectivity index (χ0n) is 16.9. The van der Waals surface area contributed by atoms with Crippen molar-refractivity contribution in [2.75, 3.05) is 0 Å². The smallest absolute Gasteiger partial charge is 0.316 e. The Labute approximate surface area is 168 Å². The van der Waals surface area contributed by atoms with Gasteiger partial charge in [-0.2, -0.15) is 8.78 Å². The lowest BCUT2D eigenvalue weighted by Gasteiger charge is -2.29. The van der Waals surface area contributed by atoms with Gasteiger partial charge in [-0.15, -0.1) is 13.2 Å². The summed E-state index contributed by atoms with van der Waals surface area (Å²) in [6.07, 6.45) is 9.20. The molecule has 0 saturated heterocycles. The molecule has 0 N–H and O–H groups in total. The highest BCUT2D eigenvalue weighted by atomic mass is 19.3. The summed E-state index contributed by atoms with van der Waals surface area (Å²) in [6.45, 7) is 7.68. The predicted molar refractivity (Wildman–Crippen MR) is 111 cm³/mol. The topological polar surface area (TPSA) is 9.23 Å². The summed E-state index contributed by atoms with van der Waals surface area (Å²) in [5.41, 5.74) is 2.13. The van der Waals surface area contributed by atoms with Crippen LogP contribution in [-0.4, -0.2) is 6.11 Å². The molecule has 0 heterocycles. The van der Waals surface area contributed by atoms with Crippen LogP contribution in [0.1, 0.15) is 74.8 Å². The van der Waals surface area contributed by atoms with E-state index in [2.05, 4.69) is 31.4 Å². The number of allylic oxidation sites excluding steroid dienone is 2. The second kappa shape index (κ2) is 9.82. The van der Waals surface area contributed by atoms with Crippen LogP contribution in [0.5, 0.6) is 0 Å². The van der Waals surface area contributed by atoms with Gasteiger partial charge in [0.05, 0.1) is 6.61 Å². The molecule has 0 unspecified atom stereocenters. The van der Waals surface area contributed by atoms with Crippen LogP contribution in [0.15, 0.2) is 49.6 Å². The molecule has 2 aliphatic rings. The Morgan fingerprint density at radius 2 is 1.39 bits per heavy atom. The van der Waals surface area contributed by atoms with Crippen molar-refractivity contribution in [2.45, 2.75) is 76.4 Å². The third-order valence-corrected chi connectivity index (χ3v) is 6.76. The van der Waals surface area contributed by atoms with E-state index in [0.717, 1.165) is 31.2 Å². The maximum atomic E-state index is 14.3. The van der Waals surface area contributed by atoms with E-state index < -0.39 is 6.11 Å². The third kappa shape index (κ3) is 6.01. The van der Waals surface area contributed by atoms with Gasteiger partial charge in [0.2, 0.25) is 0 Å². The molecule has 1 aromatic carbocycles. The minimum absolute atomic E-state index is 0.0293. The number of alkyl halides is 2. The molecule has 2 aliphatic carbocycles. The second-order valence-corrected chi connectivity index (χ2v) is 8.74. The van der Waals surface area contributed by atoms with Crippen molar-refractivity contribution in [3.8, 4) is 0 Å². The molecule has 0 aromatic heterocycles. The molecule has 1 aromatic rings. The summed E-state index contributed by atoms with van der Waals surface area (Å²) in [5, 5.41) is 0. The Morgan fingerprint density at radius 1 is 0.857 bits per heavy atom. The Bertz CT molecular complexity index is 620. The standard InChI is InChI=1S/C25H34F2O/c1-3-19-5-7-21(8-6-19)17-25(26,27)28-18-22-11-15-24(16-12-22)23-13-9-20(4-2)10-14-23/h3-4,11-12,15-16,19-21,23H,1-2,5-10,13-14,17-18H2. The molecule has 154 valence electrons. The Hall–Kier alpha value is -1.48. The molecule has 0 radical (unpaired) electrons. The molecule has 2 fully saturated rings. The fourth-order valence-electron chi connectivity index (χ4n) is 4.79. The molecule has 28 heavy (non-hydrogen) atoms. The van der Waals surface area contributed by atoms with Crippen molar-refractivity contribution in [3.05, 3.63) is 60.7 Å². The van der Waals surface area contributed by atoms with Gasteiger partial charge in [-0.1, -0.05) is 36.4 Å². The van der Waals surface area contributed by atoms with Gasteiger partial charge in [-0.25, -0.2) is 0 Å². The van der Waals surface area contributed by atoms with Crippen molar-refractivity contribution in [1.29, 1.82) is 0 Å². The van der Waals surface area contributed by atoms with E-state index in [0.29, 0.717) is 17.8 Å². The van der Waals surface area contributed by atoms with Gasteiger partial charge in [0, 0.05) is 6.42 Å². The normalized spacial score (nSPS) is 28.6. The van der Waals surface area contributed by atoms with Crippen LogP contribution in [0.4, 0.5) is 8.78 Å². The lowest BCUT2D eigenvalue weighted by Crippen LogP contribution is -2.26. The summed E-state index contributed by atoms with van der Waals surface area (Å²) in [7, 11) is 0. The highest BCUT2D eigenvalue weighted by molar-refractivity contribution is 5.25. The molecule has 0 atom stereocenters. The van der Waals surface area contributed by atoms with Gasteiger partial charge in [0.15, 0.2) is 0 Å². The van der Waals surface area contributed by atoms with Gasteiger partial charge in [0.25, 0.3) is 0 Å². The summed E-state index contributed by atoms with van der Waals surface area (Å²) in [6, 6.07) is 8.07. The molecule has 0 aliphatic heterocycles. The lowest BCUT2D eigenvalue weighted by molar-refractivity contribution is -0.256. The third-order valence-electron chi connectivity index (χ3n) is 6.76. The molecular formula is C25H34F2O. The maximum Gasteiger partial charge on any atom is 0.356 e. The minimum Gasteiger partial charge on any atom is -0.316 e. The molecule has 2 saturated carbocycles. The van der Waals surface area contributed by atoms with Gasteiger partial charge < -0.3 is 4.74 Å². The van der Waals surface area contributed by atoms with Crippen molar-refractivity contribution < 1.29 is 13.5 Å². The number of ether oxygens (including phenoxy) is 1. The van der Waals surface area contributed by atoms with Gasteiger partial charge >= 0.3 is 6.11 Å². The first-order valence-corrected chi connectivity index (χ1v) is 10.8. The van der Waals surface area contributed by atoms with Gasteiger partial charge in [0.1, 0.15) is 0 Å². The number of halogens is 2. The first-order valence-electron chi connectivity index (χ1n) is 10.8. The average molecular weight is 389 g/mol. The number of rotatable bonds is 8. The van der Waals surface area contributed by atoms with Crippen LogP contribution >= 0.6 is 0 Å². The first kappa shape index (κ1) is 21.2. The summed E-state index contributed by atoms with van der Waals surface area (Å²) >= 11 is 0. The van der Waals surface area contributed by atoms with Crippen LogP contribution < -0.4 is 0 Å². The monoisotopic (exact) mass is 388 g/mol. The number of benzene rings is 1. The Morgan fingerprint density at radius 3 is 1.93 bits per heavy atom. The second-order valence-electron chi connectivity index (χ2n) is 8.74. The van der Waals surface area contributed by atoms with E-state index in [9.17, 15) is 8.78 Å². The minimum atomic E-state index is -3.05. The van der Waals surface area contributed by atoms with E-state index in [4.69, 9.17) is 4.74 Å². The molecular weight excluding hydrogens is 354 g/mol. The highest BCUT2D eigenvalue weighted by Crippen LogP contribution is 2.38. The number of hydrogen-bond acceptors (Lipinski definition) is 1. The average Bonchev–Trinajstić information content (AvgIpc) is 2.73. The summed E-state index contributed by atoms with van der Waals surface area (Å²) < 4.78 is 33.5. The Kier molecular flexibility index (Phi) is 7.45. The Balaban J connectivity index is 1.45. The predicted octanol–water partition coefficient (Wildman–Crippen LogP) is 7.64. The van der Waals surface area contributed by atoms with Crippen molar-refractivity contribution in [3.63, 3.8) is 0 Å². The van der Waals surface area contributed by atoms with E-state index >= 15 is 0 Å². The van der Waals surface area contributed by atoms with Crippen LogP contribution in [0.2, 0.25) is 0 Å². The van der Waals surface area contributed by atoms with E-state index in [1.807, 2.05) is 18.2 Å². The largest absolute Gasteiger partial charge is 0.356 e. The van der Waals surface area contributed by atoms with Crippen molar-refractivity contribution >= 4 is 0 Å². The maximum absolute atomic E-state index is 14.3. The molecule has 3 heteroatoms. The highest BCUT2D eigenvalue weighted by Gasteiger charge is 2.35. The molecule has 0 bridgehead atoms. The van der Waals surface area contributed by atoms with E-state index in [1.165, 1.54) is 31.2 Å². The zero-order chi connectivity index (χ0) is 20.0. The lowest BCUT2D eigenvalue weighted by atomic mass is 9.79. The fourth-order valence-corrected chi connectivity index (χ4v) is 4.79. The van der Waals surface area contributed by atoms with Crippen LogP contribution in [-0.2, 0) is 11.3 Å². The van der Waals surface area contributed by atoms with Gasteiger partial charge in [-0.05, 0) is 86.2 Å². The molecule has 0 spiro atoms. The quantitative estimate of drug-likeness (QED) is 0.416. The van der Waals surface area contributed by atoms with E-state index in [1.54, 1.807) is 0 Å². The van der Waals surface area contributed by atoms with Crippen LogP contribution in [0.3, 0.4) is 0 Å². The van der Waals surface area contributed by atoms with Crippen LogP contribution in [0, 0.1) is 17.8 Å². The summed E-state index contributed by atoms with van der Waals surface area (Å²) in [4.78, 5) is 0. The fraction of sp³-hybridized carbons (Fsp3) is 0.600.